The molecule has 1 unspecified atom stereocenters. The zero-order valence-corrected chi connectivity index (χ0v) is 14.3. The number of halogens is 1. The van der Waals surface area contributed by atoms with Gasteiger partial charge < -0.3 is 10.8 Å². The van der Waals surface area contributed by atoms with Gasteiger partial charge in [-0.05, 0) is 43.0 Å². The second-order valence-corrected chi connectivity index (χ2v) is 6.86. The van der Waals surface area contributed by atoms with Crippen molar-refractivity contribution in [2.45, 2.75) is 57.6 Å². The van der Waals surface area contributed by atoms with Crippen LogP contribution in [0.4, 0.5) is 5.69 Å². The minimum absolute atomic E-state index is 0.511. The molecule has 2 atom stereocenters. The number of hydrogen-bond donors (Lipinski definition) is 4. The van der Waals surface area contributed by atoms with E-state index in [-0.39, 0.29) is 0 Å². The third-order valence-corrected chi connectivity index (χ3v) is 4.75. The van der Waals surface area contributed by atoms with Crippen molar-refractivity contribution in [2.75, 3.05) is 5.43 Å². The van der Waals surface area contributed by atoms with E-state index >= 15 is 0 Å². The topological polar surface area (TPSA) is 87.4 Å². The lowest BCUT2D eigenvalue weighted by atomic mass is 9.84. The van der Waals surface area contributed by atoms with Crippen LogP contribution >= 0.6 is 11.6 Å². The number of carbonyl (C=O) groups is 1. The van der Waals surface area contributed by atoms with Crippen molar-refractivity contribution in [3.8, 4) is 0 Å². The number of nitrogens with one attached hydrogen (secondary N) is 2. The molecule has 1 aromatic rings. The van der Waals surface area contributed by atoms with Crippen LogP contribution in [0.2, 0.25) is 5.02 Å². The summed E-state index contributed by atoms with van der Waals surface area (Å²) in [5, 5.41) is 10.7. The second kappa shape index (κ2) is 8.52. The molecule has 1 aromatic carbocycles. The first-order valence-electron chi connectivity index (χ1n) is 8.23. The number of aliphatic hydroxyl groups is 1. The predicted molar refractivity (Wildman–Crippen MR) is 93.1 cm³/mol. The average Bonchev–Trinajstić information content (AvgIpc) is 2.54. The van der Waals surface area contributed by atoms with Crippen LogP contribution in [-0.4, -0.2) is 23.2 Å². The molecule has 128 valence electrons. The number of aliphatic hydroxyl groups excluding tert-OH is 1. The molecule has 1 aliphatic carbocycles. The van der Waals surface area contributed by atoms with Crippen molar-refractivity contribution in [3.05, 3.63) is 28.8 Å². The van der Waals surface area contributed by atoms with E-state index < -0.39 is 18.1 Å². The Kier molecular flexibility index (Phi) is 6.69. The molecule has 1 saturated carbocycles. The highest BCUT2D eigenvalue weighted by atomic mass is 35.5. The predicted octanol–water partition coefficient (Wildman–Crippen LogP) is 2.75. The molecular weight excluding hydrogens is 314 g/mol. The van der Waals surface area contributed by atoms with Crippen molar-refractivity contribution < 1.29 is 9.90 Å². The van der Waals surface area contributed by atoms with Crippen molar-refractivity contribution in [2.24, 2.45) is 11.7 Å². The highest BCUT2D eigenvalue weighted by Gasteiger charge is 2.26. The molecule has 1 aliphatic rings. The molecule has 0 radical (unpaired) electrons. The van der Waals surface area contributed by atoms with Gasteiger partial charge in [0.15, 0.2) is 0 Å². The first-order valence-corrected chi connectivity index (χ1v) is 8.61. The van der Waals surface area contributed by atoms with Gasteiger partial charge in [0.2, 0.25) is 0 Å². The van der Waals surface area contributed by atoms with Gasteiger partial charge in [-0.3, -0.25) is 15.6 Å². The van der Waals surface area contributed by atoms with Crippen LogP contribution in [0.25, 0.3) is 0 Å². The third-order valence-electron chi connectivity index (χ3n) is 4.51. The van der Waals surface area contributed by atoms with Gasteiger partial charge in [0, 0.05) is 11.1 Å². The van der Waals surface area contributed by atoms with Gasteiger partial charge in [-0.2, -0.15) is 0 Å². The SMILES string of the molecule is Cc1cc(Cl)ccc1NNC(=O)C(O)[C@H](N)CC1CCCCC1. The van der Waals surface area contributed by atoms with Crippen LogP contribution in [0.3, 0.4) is 0 Å². The van der Waals surface area contributed by atoms with E-state index in [0.29, 0.717) is 17.4 Å². The average molecular weight is 340 g/mol. The van der Waals surface area contributed by atoms with Crippen LogP contribution in [0.1, 0.15) is 44.1 Å². The number of hydrogen-bond acceptors (Lipinski definition) is 4. The van der Waals surface area contributed by atoms with Crippen molar-refractivity contribution >= 4 is 23.2 Å². The lowest BCUT2D eigenvalue weighted by Crippen LogP contribution is -2.48. The molecule has 23 heavy (non-hydrogen) atoms. The first-order chi connectivity index (χ1) is 11.0. The number of anilines is 1. The first kappa shape index (κ1) is 18.0. The minimum Gasteiger partial charge on any atom is -0.382 e. The van der Waals surface area contributed by atoms with Gasteiger partial charge in [-0.1, -0.05) is 43.7 Å². The van der Waals surface area contributed by atoms with Gasteiger partial charge >= 0.3 is 0 Å². The van der Waals surface area contributed by atoms with Crippen LogP contribution in [0, 0.1) is 12.8 Å². The van der Waals surface area contributed by atoms with Crippen LogP contribution in [-0.2, 0) is 4.79 Å². The molecule has 0 spiro atoms. The zero-order valence-electron chi connectivity index (χ0n) is 13.5. The van der Waals surface area contributed by atoms with E-state index in [4.69, 9.17) is 17.3 Å². The monoisotopic (exact) mass is 339 g/mol. The maximum absolute atomic E-state index is 12.0. The minimum atomic E-state index is -1.21. The largest absolute Gasteiger partial charge is 0.382 e. The van der Waals surface area contributed by atoms with Crippen LogP contribution in [0.15, 0.2) is 18.2 Å². The summed E-state index contributed by atoms with van der Waals surface area (Å²) in [7, 11) is 0. The summed E-state index contributed by atoms with van der Waals surface area (Å²) in [6.45, 7) is 1.88. The molecule has 1 fully saturated rings. The number of rotatable bonds is 6. The molecule has 0 bridgehead atoms. The molecule has 0 heterocycles. The second-order valence-electron chi connectivity index (χ2n) is 6.42. The van der Waals surface area contributed by atoms with Crippen LogP contribution in [0.5, 0.6) is 0 Å². The number of hydrazine groups is 1. The van der Waals surface area contributed by atoms with E-state index in [1.54, 1.807) is 18.2 Å². The fraction of sp³-hybridized carbons (Fsp3) is 0.588. The number of nitrogens with two attached hydrogens (primary N) is 1. The summed E-state index contributed by atoms with van der Waals surface area (Å²) in [6, 6.07) is 4.76. The maximum atomic E-state index is 12.0. The smallest absolute Gasteiger partial charge is 0.268 e. The molecule has 5 nitrogen and oxygen atoms in total. The quantitative estimate of drug-likeness (QED) is 0.600. The van der Waals surface area contributed by atoms with Gasteiger partial charge in [0.1, 0.15) is 6.10 Å². The number of aryl methyl sites for hydroxylation is 1. The lowest BCUT2D eigenvalue weighted by Gasteiger charge is -2.26. The summed E-state index contributed by atoms with van der Waals surface area (Å²) in [5.41, 5.74) is 13.0. The van der Waals surface area contributed by atoms with E-state index in [0.717, 1.165) is 24.1 Å². The normalized spacial score (nSPS) is 18.3. The molecule has 6 heteroatoms. The number of carbonyl (C=O) groups excluding carboxylic acids is 1. The Bertz CT molecular complexity index is 533. The highest BCUT2D eigenvalue weighted by molar-refractivity contribution is 6.30. The van der Waals surface area contributed by atoms with E-state index in [9.17, 15) is 9.90 Å². The Balaban J connectivity index is 1.81. The molecule has 0 saturated heterocycles. The Hall–Kier alpha value is -1.30. The fourth-order valence-electron chi connectivity index (χ4n) is 3.10. The van der Waals surface area contributed by atoms with Crippen LogP contribution < -0.4 is 16.6 Å². The molecular formula is C17H26ClN3O2. The summed E-state index contributed by atoms with van der Waals surface area (Å²) in [4.78, 5) is 12.0. The van der Waals surface area contributed by atoms with Crippen molar-refractivity contribution in [1.29, 1.82) is 0 Å². The van der Waals surface area contributed by atoms with Gasteiger partial charge in [0.05, 0.1) is 5.69 Å². The summed E-state index contributed by atoms with van der Waals surface area (Å²) in [6.07, 6.45) is 5.48. The molecule has 0 aromatic heterocycles. The molecule has 0 aliphatic heterocycles. The number of benzene rings is 1. The number of amides is 1. The van der Waals surface area contributed by atoms with E-state index in [1.165, 1.54) is 19.3 Å². The van der Waals surface area contributed by atoms with E-state index in [1.807, 2.05) is 6.92 Å². The Morgan fingerprint density at radius 3 is 2.74 bits per heavy atom. The lowest BCUT2D eigenvalue weighted by molar-refractivity contribution is -0.130. The van der Waals surface area contributed by atoms with Gasteiger partial charge in [0.25, 0.3) is 5.91 Å². The summed E-state index contributed by atoms with van der Waals surface area (Å²) in [5.74, 6) is 0.00956. The molecule has 5 N–H and O–H groups in total. The molecule has 2 rings (SSSR count). The van der Waals surface area contributed by atoms with Gasteiger partial charge in [-0.15, -0.1) is 0 Å². The Morgan fingerprint density at radius 2 is 2.09 bits per heavy atom. The molecule has 1 amide bonds. The Morgan fingerprint density at radius 1 is 1.39 bits per heavy atom. The van der Waals surface area contributed by atoms with Crippen molar-refractivity contribution in [1.82, 2.24) is 5.43 Å². The summed E-state index contributed by atoms with van der Waals surface area (Å²) < 4.78 is 0. The Labute approximate surface area is 142 Å². The highest BCUT2D eigenvalue weighted by Crippen LogP contribution is 2.27. The van der Waals surface area contributed by atoms with Crippen molar-refractivity contribution in [3.63, 3.8) is 0 Å². The zero-order chi connectivity index (χ0) is 16.8. The standard InChI is InChI=1S/C17H26ClN3O2/c1-11-9-13(18)7-8-15(11)20-21-17(23)16(22)14(19)10-12-5-3-2-4-6-12/h7-9,12,14,16,20,22H,2-6,10,19H2,1H3,(H,21,23)/t14-,16?/m1/s1. The summed E-state index contributed by atoms with van der Waals surface area (Å²) >= 11 is 5.89. The third kappa shape index (κ3) is 5.37. The van der Waals surface area contributed by atoms with Gasteiger partial charge in [-0.25, -0.2) is 0 Å². The fourth-order valence-corrected chi connectivity index (χ4v) is 3.33. The van der Waals surface area contributed by atoms with E-state index in [2.05, 4.69) is 10.9 Å². The maximum Gasteiger partial charge on any atom is 0.268 e.